The summed E-state index contributed by atoms with van der Waals surface area (Å²) >= 11 is 1.59. The molecular weight excluding hydrogens is 370 g/mol. The van der Waals surface area contributed by atoms with E-state index in [1.807, 2.05) is 35.2 Å². The van der Waals surface area contributed by atoms with Crippen molar-refractivity contribution >= 4 is 30.1 Å². The van der Waals surface area contributed by atoms with Gasteiger partial charge in [-0.2, -0.15) is 0 Å². The van der Waals surface area contributed by atoms with Crippen LogP contribution in [0.3, 0.4) is 0 Å². The number of nitrogens with zero attached hydrogens (tertiary/aromatic N) is 2. The molecule has 2 N–H and O–H groups in total. The second-order valence-corrected chi connectivity index (χ2v) is 7.95. The van der Waals surface area contributed by atoms with E-state index in [2.05, 4.69) is 4.98 Å². The Morgan fingerprint density at radius 2 is 2.08 bits per heavy atom. The summed E-state index contributed by atoms with van der Waals surface area (Å²) in [5.74, 6) is 3.15. The van der Waals surface area contributed by atoms with Crippen molar-refractivity contribution in [3.63, 3.8) is 0 Å². The lowest BCUT2D eigenvalue weighted by atomic mass is 9.98. The maximum atomic E-state index is 12.4. The highest BCUT2D eigenvalue weighted by Crippen LogP contribution is 2.37. The summed E-state index contributed by atoms with van der Waals surface area (Å²) in [6, 6.07) is 10.1. The third-order valence-electron chi connectivity index (χ3n) is 5.31. The molecule has 1 aliphatic carbocycles. The van der Waals surface area contributed by atoms with E-state index >= 15 is 0 Å². The summed E-state index contributed by atoms with van der Waals surface area (Å²) < 4.78 is 5.54. The third-order valence-corrected chi connectivity index (χ3v) is 6.26. The van der Waals surface area contributed by atoms with Crippen molar-refractivity contribution < 1.29 is 9.21 Å². The molecule has 5 nitrogen and oxygen atoms in total. The molecule has 0 radical (unpaired) electrons. The average molecular weight is 394 g/mol. The van der Waals surface area contributed by atoms with Gasteiger partial charge in [-0.05, 0) is 36.8 Å². The fraction of sp³-hybridized carbons (Fsp3) is 0.474. The van der Waals surface area contributed by atoms with Crippen LogP contribution in [0.1, 0.15) is 18.5 Å². The number of hydrogen-bond donors (Lipinski definition) is 1. The van der Waals surface area contributed by atoms with Crippen LogP contribution in [0.2, 0.25) is 0 Å². The largest absolute Gasteiger partial charge is 0.444 e. The molecule has 1 aliphatic heterocycles. The number of benzene rings is 1. The molecule has 3 atom stereocenters. The quantitative estimate of drug-likeness (QED) is 0.844. The summed E-state index contributed by atoms with van der Waals surface area (Å²) in [6.45, 7) is 1.73. The summed E-state index contributed by atoms with van der Waals surface area (Å²) in [5.41, 5.74) is 7.99. The molecule has 1 saturated carbocycles. The number of hydrogen-bond acceptors (Lipinski definition) is 5. The molecule has 2 aliphatic rings. The molecule has 140 valence electrons. The van der Waals surface area contributed by atoms with Crippen LogP contribution in [-0.2, 0) is 10.5 Å². The fourth-order valence-electron chi connectivity index (χ4n) is 3.93. The maximum absolute atomic E-state index is 12.4. The zero-order chi connectivity index (χ0) is 17.2. The van der Waals surface area contributed by atoms with Gasteiger partial charge in [-0.25, -0.2) is 4.98 Å². The molecule has 2 heterocycles. The van der Waals surface area contributed by atoms with Gasteiger partial charge in [0.1, 0.15) is 6.26 Å². The summed E-state index contributed by atoms with van der Waals surface area (Å²) in [6.07, 6.45) is 3.96. The van der Waals surface area contributed by atoms with E-state index < -0.39 is 0 Å². The van der Waals surface area contributed by atoms with Gasteiger partial charge in [0.15, 0.2) is 0 Å². The first-order valence-corrected chi connectivity index (χ1v) is 9.97. The van der Waals surface area contributed by atoms with Gasteiger partial charge in [0.25, 0.3) is 0 Å². The fourth-order valence-corrected chi connectivity index (χ4v) is 4.73. The topological polar surface area (TPSA) is 72.4 Å². The van der Waals surface area contributed by atoms with Crippen LogP contribution in [0.5, 0.6) is 0 Å². The first-order valence-electron chi connectivity index (χ1n) is 8.81. The van der Waals surface area contributed by atoms with Gasteiger partial charge < -0.3 is 15.1 Å². The predicted molar refractivity (Wildman–Crippen MR) is 106 cm³/mol. The van der Waals surface area contributed by atoms with Crippen LogP contribution in [0.4, 0.5) is 0 Å². The molecule has 26 heavy (non-hydrogen) atoms. The van der Waals surface area contributed by atoms with E-state index in [0.717, 1.165) is 30.8 Å². The first-order chi connectivity index (χ1) is 12.2. The van der Waals surface area contributed by atoms with Crippen LogP contribution in [0, 0.1) is 11.8 Å². The highest BCUT2D eigenvalue weighted by molar-refractivity contribution is 7.99. The van der Waals surface area contributed by atoms with Gasteiger partial charge >= 0.3 is 0 Å². The van der Waals surface area contributed by atoms with Crippen LogP contribution < -0.4 is 5.73 Å². The zero-order valence-corrected chi connectivity index (χ0v) is 16.2. The molecule has 2 fully saturated rings. The van der Waals surface area contributed by atoms with Crippen LogP contribution in [0.15, 0.2) is 41.0 Å². The van der Waals surface area contributed by atoms with Crippen LogP contribution >= 0.6 is 24.2 Å². The van der Waals surface area contributed by atoms with Gasteiger partial charge in [-0.15, -0.1) is 24.2 Å². The minimum Gasteiger partial charge on any atom is -0.444 e. The number of aromatic nitrogens is 1. The van der Waals surface area contributed by atoms with Crippen molar-refractivity contribution in [3.05, 3.63) is 42.3 Å². The van der Waals surface area contributed by atoms with Gasteiger partial charge in [0, 0.05) is 30.4 Å². The number of fused-ring (bicyclic) bond motifs is 1. The number of oxazole rings is 1. The number of carbonyl (C=O) groups is 1. The Labute approximate surface area is 164 Å². The summed E-state index contributed by atoms with van der Waals surface area (Å²) in [5, 5.41) is 0. The minimum atomic E-state index is 0. The second-order valence-electron chi connectivity index (χ2n) is 6.97. The SMILES string of the molecule is Cl.NC1CCC2CN(C(=O)CSCc3coc(-c4ccccc4)n3)CC12. The number of halogens is 1. The van der Waals surface area contributed by atoms with E-state index in [9.17, 15) is 4.79 Å². The number of likely N-dealkylation sites (tertiary alicyclic amines) is 1. The molecule has 1 saturated heterocycles. The van der Waals surface area contributed by atoms with E-state index in [1.54, 1.807) is 18.0 Å². The van der Waals surface area contributed by atoms with Gasteiger partial charge in [0.2, 0.25) is 11.8 Å². The number of thioether (sulfide) groups is 1. The Kier molecular flexibility index (Phi) is 6.27. The Morgan fingerprint density at radius 1 is 1.27 bits per heavy atom. The van der Waals surface area contributed by atoms with Crippen molar-refractivity contribution in [2.75, 3.05) is 18.8 Å². The molecule has 0 bridgehead atoms. The van der Waals surface area contributed by atoms with E-state index in [0.29, 0.717) is 29.2 Å². The van der Waals surface area contributed by atoms with E-state index in [1.165, 1.54) is 6.42 Å². The van der Waals surface area contributed by atoms with E-state index in [4.69, 9.17) is 10.2 Å². The van der Waals surface area contributed by atoms with Crippen molar-refractivity contribution in [2.45, 2.75) is 24.6 Å². The molecule has 1 amide bonds. The summed E-state index contributed by atoms with van der Waals surface area (Å²) in [7, 11) is 0. The van der Waals surface area contributed by atoms with Gasteiger partial charge in [-0.3, -0.25) is 4.79 Å². The predicted octanol–water partition coefficient (Wildman–Crippen LogP) is 3.19. The number of nitrogens with two attached hydrogens (primary N) is 1. The Hall–Kier alpha value is -1.50. The molecule has 7 heteroatoms. The van der Waals surface area contributed by atoms with Crippen molar-refractivity contribution in [1.82, 2.24) is 9.88 Å². The Morgan fingerprint density at radius 3 is 2.85 bits per heavy atom. The number of carbonyl (C=O) groups excluding carboxylic acids is 1. The maximum Gasteiger partial charge on any atom is 0.232 e. The summed E-state index contributed by atoms with van der Waals surface area (Å²) in [4.78, 5) is 18.9. The lowest BCUT2D eigenvalue weighted by Crippen LogP contribution is -2.34. The van der Waals surface area contributed by atoms with Crippen molar-refractivity contribution in [3.8, 4) is 11.5 Å². The molecular formula is C19H24ClN3O2S. The third kappa shape index (κ3) is 4.08. The minimum absolute atomic E-state index is 0. The smallest absolute Gasteiger partial charge is 0.232 e. The van der Waals surface area contributed by atoms with Gasteiger partial charge in [0.05, 0.1) is 11.4 Å². The number of rotatable bonds is 5. The molecule has 0 spiro atoms. The average Bonchev–Trinajstić information content (AvgIpc) is 3.34. The zero-order valence-electron chi connectivity index (χ0n) is 14.5. The Bertz CT molecular complexity index is 739. The molecule has 4 rings (SSSR count). The normalized spacial score (nSPS) is 24.3. The standard InChI is InChI=1S/C19H23N3O2S.ClH/c20-17-7-6-14-8-22(9-16(14)17)18(23)12-25-11-15-10-24-19(21-15)13-4-2-1-3-5-13;/h1-5,10,14,16-17H,6-9,11-12,20H2;1H. The first kappa shape index (κ1) is 19.3. The van der Waals surface area contributed by atoms with Crippen molar-refractivity contribution in [2.24, 2.45) is 17.6 Å². The number of amides is 1. The van der Waals surface area contributed by atoms with Crippen LogP contribution in [-0.4, -0.2) is 40.7 Å². The monoisotopic (exact) mass is 393 g/mol. The molecule has 2 aromatic rings. The van der Waals surface area contributed by atoms with Crippen molar-refractivity contribution in [1.29, 1.82) is 0 Å². The van der Waals surface area contributed by atoms with Gasteiger partial charge in [-0.1, -0.05) is 18.2 Å². The lowest BCUT2D eigenvalue weighted by Gasteiger charge is -2.18. The Balaban J connectivity index is 0.00000196. The van der Waals surface area contributed by atoms with Crippen LogP contribution in [0.25, 0.3) is 11.5 Å². The molecule has 1 aromatic heterocycles. The van der Waals surface area contributed by atoms with E-state index in [-0.39, 0.29) is 24.4 Å². The second kappa shape index (κ2) is 8.46. The molecule has 3 unspecified atom stereocenters. The highest BCUT2D eigenvalue weighted by atomic mass is 35.5. The lowest BCUT2D eigenvalue weighted by molar-refractivity contribution is -0.127. The molecule has 1 aromatic carbocycles. The highest BCUT2D eigenvalue weighted by Gasteiger charge is 2.42.